The van der Waals surface area contributed by atoms with Crippen molar-refractivity contribution in [2.24, 2.45) is 0 Å². The van der Waals surface area contributed by atoms with E-state index in [9.17, 15) is 28.5 Å². The molecule has 12 nitrogen and oxygen atoms in total. The summed E-state index contributed by atoms with van der Waals surface area (Å²) in [7, 11) is -5.05. The minimum absolute atomic E-state index is 0.0436. The third-order valence-electron chi connectivity index (χ3n) is 9.98. The smallest absolute Gasteiger partial charge is 0.397 e. The normalized spacial score (nSPS) is 21.2. The molecule has 1 saturated heterocycles. The highest BCUT2D eigenvalue weighted by atomic mass is 32.3. The quantitative estimate of drug-likeness (QED) is 0.0271. The summed E-state index contributed by atoms with van der Waals surface area (Å²) >= 11 is 0. The Labute approximate surface area is 322 Å². The zero-order valence-corrected chi connectivity index (χ0v) is 34.2. The molecule has 0 radical (unpaired) electrons. The van der Waals surface area contributed by atoms with E-state index < -0.39 is 59.8 Å². The number of ether oxygens (including phenoxy) is 4. The Morgan fingerprint density at radius 2 is 1.08 bits per heavy atom. The first-order chi connectivity index (χ1) is 25.6. The van der Waals surface area contributed by atoms with Gasteiger partial charge in [-0.1, -0.05) is 168 Å². The van der Waals surface area contributed by atoms with Gasteiger partial charge in [0.2, 0.25) is 0 Å². The lowest BCUT2D eigenvalue weighted by Crippen LogP contribution is -2.60. The summed E-state index contributed by atoms with van der Waals surface area (Å²) in [5, 5.41) is 30.6. The molecule has 4 N–H and O–H groups in total. The Balaban J connectivity index is 2.43. The Morgan fingerprint density at radius 3 is 1.51 bits per heavy atom. The van der Waals surface area contributed by atoms with Crippen molar-refractivity contribution in [2.75, 3.05) is 26.4 Å². The van der Waals surface area contributed by atoms with Gasteiger partial charge in [0.15, 0.2) is 6.29 Å². The van der Waals surface area contributed by atoms with E-state index in [1.165, 1.54) is 122 Å². The maximum Gasteiger partial charge on any atom is 0.397 e. The molecule has 0 spiro atoms. The zero-order valence-electron chi connectivity index (χ0n) is 33.3. The zero-order chi connectivity index (χ0) is 39.0. The van der Waals surface area contributed by atoms with E-state index in [0.717, 1.165) is 38.5 Å². The van der Waals surface area contributed by atoms with Gasteiger partial charge in [0.25, 0.3) is 0 Å². The van der Waals surface area contributed by atoms with E-state index in [1.54, 1.807) is 0 Å². The lowest BCUT2D eigenvalue weighted by Gasteiger charge is -2.41. The number of rotatable bonds is 37. The van der Waals surface area contributed by atoms with E-state index in [4.69, 9.17) is 23.5 Å². The summed E-state index contributed by atoms with van der Waals surface area (Å²) in [6, 6.07) is 0. The number of aliphatic hydroxyl groups is 3. The summed E-state index contributed by atoms with van der Waals surface area (Å²) in [5.41, 5.74) is 0. The van der Waals surface area contributed by atoms with Crippen molar-refractivity contribution in [2.45, 2.75) is 224 Å². The first kappa shape index (κ1) is 50.1. The molecule has 0 aromatic rings. The van der Waals surface area contributed by atoms with Gasteiger partial charge in [0, 0.05) is 13.0 Å². The maximum absolute atomic E-state index is 12.8. The molecule has 13 heteroatoms. The number of hydrogen-bond acceptors (Lipinski definition) is 11. The van der Waals surface area contributed by atoms with E-state index in [2.05, 4.69) is 18.0 Å². The van der Waals surface area contributed by atoms with Gasteiger partial charge in [-0.2, -0.15) is 8.42 Å². The van der Waals surface area contributed by atoms with E-state index >= 15 is 0 Å². The first-order valence-corrected chi connectivity index (χ1v) is 22.7. The van der Waals surface area contributed by atoms with E-state index in [0.29, 0.717) is 13.0 Å². The number of esters is 1. The van der Waals surface area contributed by atoms with Crippen molar-refractivity contribution < 1.29 is 56.2 Å². The van der Waals surface area contributed by atoms with Gasteiger partial charge in [-0.3, -0.25) is 9.35 Å². The standard InChI is InChI=1S/C40H78O12S/c1-3-5-7-9-11-13-15-16-17-18-19-20-21-23-25-27-29-36(42)50-34(32-48-30-28-26-24-22-14-12-10-8-6-4-2)33-49-40-38(44)39(52-53(45,46)47)37(43)35(31-41)51-40/h34-35,37-41,43-44H,3-33H2,1-2H3,(H,45,46,47). The molecule has 6 unspecified atom stereocenters. The lowest BCUT2D eigenvalue weighted by molar-refractivity contribution is -0.301. The molecular formula is C40H78O12S. The number of carbonyl (C=O) groups excluding carboxylic acids is 1. The van der Waals surface area contributed by atoms with Crippen LogP contribution in [0.25, 0.3) is 0 Å². The van der Waals surface area contributed by atoms with Gasteiger partial charge in [0.05, 0.1) is 19.8 Å². The summed E-state index contributed by atoms with van der Waals surface area (Å²) in [4.78, 5) is 12.8. The first-order valence-electron chi connectivity index (χ1n) is 21.3. The molecule has 0 aromatic heterocycles. The van der Waals surface area contributed by atoms with Gasteiger partial charge in [-0.05, 0) is 12.8 Å². The third-order valence-corrected chi connectivity index (χ3v) is 10.4. The fourth-order valence-corrected chi connectivity index (χ4v) is 7.24. The van der Waals surface area contributed by atoms with Crippen LogP contribution in [0.2, 0.25) is 0 Å². The summed E-state index contributed by atoms with van der Waals surface area (Å²) in [6.07, 6.45) is 22.8. The predicted octanol–water partition coefficient (Wildman–Crippen LogP) is 8.13. The number of aliphatic hydroxyl groups excluding tert-OH is 3. The van der Waals surface area contributed by atoms with Crippen LogP contribution in [0.5, 0.6) is 0 Å². The molecule has 53 heavy (non-hydrogen) atoms. The van der Waals surface area contributed by atoms with Gasteiger partial charge in [-0.25, -0.2) is 4.18 Å². The van der Waals surface area contributed by atoms with Gasteiger partial charge in [-0.15, -0.1) is 0 Å². The topological polar surface area (TPSA) is 178 Å². The Bertz CT molecular complexity index is 952. The van der Waals surface area contributed by atoms with Gasteiger partial charge in [0.1, 0.15) is 30.5 Å². The minimum atomic E-state index is -5.05. The van der Waals surface area contributed by atoms with Crippen molar-refractivity contribution in [3.05, 3.63) is 0 Å². The summed E-state index contributed by atoms with van der Waals surface area (Å²) < 4.78 is 58.9. The second-order valence-corrected chi connectivity index (χ2v) is 16.0. The fraction of sp³-hybridized carbons (Fsp3) is 0.975. The molecule has 1 fully saturated rings. The van der Waals surface area contributed by atoms with Crippen LogP contribution in [-0.2, 0) is 38.3 Å². The van der Waals surface area contributed by atoms with Crippen LogP contribution >= 0.6 is 0 Å². The third kappa shape index (κ3) is 27.4. The van der Waals surface area contributed by atoms with E-state index in [-0.39, 0.29) is 19.6 Å². The highest BCUT2D eigenvalue weighted by Gasteiger charge is 2.48. The molecule has 0 amide bonds. The monoisotopic (exact) mass is 783 g/mol. The van der Waals surface area contributed by atoms with Crippen LogP contribution in [0.4, 0.5) is 0 Å². The molecule has 1 aliphatic heterocycles. The van der Waals surface area contributed by atoms with Crippen molar-refractivity contribution in [1.29, 1.82) is 0 Å². The largest absolute Gasteiger partial charge is 0.457 e. The summed E-state index contributed by atoms with van der Waals surface area (Å²) in [5.74, 6) is -0.396. The second-order valence-electron chi connectivity index (χ2n) is 15.0. The molecule has 1 heterocycles. The van der Waals surface area contributed by atoms with Crippen molar-refractivity contribution >= 4 is 16.4 Å². The minimum Gasteiger partial charge on any atom is -0.457 e. The summed E-state index contributed by atoms with van der Waals surface area (Å²) in [6.45, 7) is 4.00. The number of carbonyl (C=O) groups is 1. The van der Waals surface area contributed by atoms with Crippen LogP contribution in [0.15, 0.2) is 0 Å². The molecule has 1 aliphatic rings. The highest BCUT2D eigenvalue weighted by molar-refractivity contribution is 7.80. The Morgan fingerprint density at radius 1 is 0.642 bits per heavy atom. The van der Waals surface area contributed by atoms with Gasteiger partial charge < -0.3 is 34.3 Å². The van der Waals surface area contributed by atoms with Crippen LogP contribution in [0.3, 0.4) is 0 Å². The van der Waals surface area contributed by atoms with Crippen molar-refractivity contribution in [1.82, 2.24) is 0 Å². The number of unbranched alkanes of at least 4 members (excludes halogenated alkanes) is 24. The van der Waals surface area contributed by atoms with Crippen molar-refractivity contribution in [3.8, 4) is 0 Å². The maximum atomic E-state index is 12.8. The second kappa shape index (κ2) is 33.3. The molecule has 1 rings (SSSR count). The molecule has 6 atom stereocenters. The average Bonchev–Trinajstić information content (AvgIpc) is 3.12. The highest BCUT2D eigenvalue weighted by Crippen LogP contribution is 2.26. The predicted molar refractivity (Wildman–Crippen MR) is 207 cm³/mol. The Kier molecular flexibility index (Phi) is 31.5. The molecule has 0 aromatic carbocycles. The van der Waals surface area contributed by atoms with Gasteiger partial charge >= 0.3 is 16.4 Å². The average molecular weight is 783 g/mol. The van der Waals surface area contributed by atoms with Crippen LogP contribution in [0, 0.1) is 0 Å². The molecule has 0 aliphatic carbocycles. The molecular weight excluding hydrogens is 704 g/mol. The molecule has 0 saturated carbocycles. The van der Waals surface area contributed by atoms with Crippen LogP contribution in [0.1, 0.15) is 187 Å². The van der Waals surface area contributed by atoms with Crippen molar-refractivity contribution in [3.63, 3.8) is 0 Å². The molecule has 316 valence electrons. The Hall–Kier alpha value is -0.900. The lowest BCUT2D eigenvalue weighted by atomic mass is 9.99. The van der Waals surface area contributed by atoms with Crippen LogP contribution < -0.4 is 0 Å². The number of hydrogen-bond donors (Lipinski definition) is 4. The molecule has 0 bridgehead atoms. The fourth-order valence-electron chi connectivity index (χ4n) is 6.73. The van der Waals surface area contributed by atoms with E-state index in [1.807, 2.05) is 0 Å². The SMILES string of the molecule is CCCCCCCCCCCCCCCCCCC(=O)OC(COCCCCCCCCCCCC)COC1OC(CO)C(O)C(OS(=O)(=O)O)C1O. The van der Waals surface area contributed by atoms with Crippen LogP contribution in [-0.4, -0.2) is 97.5 Å².